The lowest BCUT2D eigenvalue weighted by molar-refractivity contribution is 0.0438. The van der Waals surface area contributed by atoms with E-state index >= 15 is 0 Å². The molecule has 110 valence electrons. The molecule has 0 fully saturated rings. The van der Waals surface area contributed by atoms with E-state index in [-0.39, 0.29) is 5.56 Å². The number of carbonyl (C=O) groups excluding carboxylic acids is 2. The molecule has 1 aromatic rings. The van der Waals surface area contributed by atoms with Crippen molar-refractivity contribution in [2.75, 3.05) is 6.54 Å². The Hall–Kier alpha value is -1.97. The molecule has 4 N–H and O–H groups in total. The summed E-state index contributed by atoms with van der Waals surface area (Å²) in [5.41, 5.74) is 2.60. The van der Waals surface area contributed by atoms with Crippen LogP contribution in [0.15, 0.2) is 18.2 Å². The molecule has 1 aromatic carbocycles. The number of ketones is 1. The molecule has 0 saturated carbocycles. The first-order chi connectivity index (χ1) is 9.18. The molecule has 1 unspecified atom stereocenters. The van der Waals surface area contributed by atoms with Gasteiger partial charge in [-0.15, -0.1) is 0 Å². The maximum absolute atomic E-state index is 11.7. The Morgan fingerprint density at radius 1 is 1.35 bits per heavy atom. The van der Waals surface area contributed by atoms with Crippen molar-refractivity contribution in [3.63, 3.8) is 0 Å². The van der Waals surface area contributed by atoms with E-state index in [1.54, 1.807) is 0 Å². The molecule has 0 bridgehead atoms. The van der Waals surface area contributed by atoms with Crippen molar-refractivity contribution in [3.05, 3.63) is 29.3 Å². The van der Waals surface area contributed by atoms with Gasteiger partial charge in [-0.2, -0.15) is 8.42 Å². The van der Waals surface area contributed by atoms with Gasteiger partial charge < -0.3 is 15.6 Å². The molecule has 8 nitrogen and oxygen atoms in total. The summed E-state index contributed by atoms with van der Waals surface area (Å²) in [5.74, 6) is -2.34. The van der Waals surface area contributed by atoms with E-state index in [2.05, 4.69) is 4.74 Å². The van der Waals surface area contributed by atoms with Crippen LogP contribution in [0.3, 0.4) is 0 Å². The monoisotopic (exact) mass is 303 g/mol. The lowest BCUT2D eigenvalue weighted by Gasteiger charge is -2.14. The Labute approximate surface area is 114 Å². The number of ether oxygens (including phenoxy) is 1. The number of esters is 1. The summed E-state index contributed by atoms with van der Waals surface area (Å²) in [6.45, 7) is 0.531. The van der Waals surface area contributed by atoms with E-state index in [9.17, 15) is 23.1 Å². The maximum Gasteiger partial charge on any atom is 0.343 e. The highest BCUT2D eigenvalue weighted by Crippen LogP contribution is 2.24. The Balaban J connectivity index is 3.11. The highest BCUT2D eigenvalue weighted by Gasteiger charge is 2.28. The second-order valence-electron chi connectivity index (χ2n) is 3.84. The predicted molar refractivity (Wildman–Crippen MR) is 67.9 cm³/mol. The molecule has 9 heteroatoms. The van der Waals surface area contributed by atoms with Crippen molar-refractivity contribution in [2.45, 2.75) is 12.4 Å². The molecule has 0 aliphatic rings. The standard InChI is InChI=1S/C11H13NO7S/c1-6(13)7-3-2-4-8(10(7)14)11(15)19-9(5-12)20(16,17)18/h2-4,9,14H,5,12H2,1H3,(H,16,17,18). The van der Waals surface area contributed by atoms with Crippen LogP contribution >= 0.6 is 0 Å². The van der Waals surface area contributed by atoms with Gasteiger partial charge in [0, 0.05) is 6.54 Å². The Morgan fingerprint density at radius 3 is 2.35 bits per heavy atom. The number of aromatic hydroxyl groups is 1. The van der Waals surface area contributed by atoms with Crippen LogP contribution in [0.1, 0.15) is 27.6 Å². The number of rotatable bonds is 5. The highest BCUT2D eigenvalue weighted by atomic mass is 32.2. The number of phenolic OH excluding ortho intramolecular Hbond substituents is 1. The number of benzene rings is 1. The number of carbonyl (C=O) groups is 2. The van der Waals surface area contributed by atoms with Gasteiger partial charge in [-0.3, -0.25) is 9.35 Å². The second-order valence-corrected chi connectivity index (χ2v) is 5.40. The number of nitrogens with two attached hydrogens (primary N) is 1. The molecule has 0 amide bonds. The summed E-state index contributed by atoms with van der Waals surface area (Å²) < 4.78 is 35.0. The van der Waals surface area contributed by atoms with E-state index < -0.39 is 45.2 Å². The summed E-state index contributed by atoms with van der Waals surface area (Å²) >= 11 is 0. The summed E-state index contributed by atoms with van der Waals surface area (Å²) in [4.78, 5) is 22.9. The lowest BCUT2D eigenvalue weighted by Crippen LogP contribution is -2.34. The Morgan fingerprint density at radius 2 is 1.90 bits per heavy atom. The summed E-state index contributed by atoms with van der Waals surface area (Å²) in [5, 5.41) is 9.75. The number of para-hydroxylation sites is 1. The van der Waals surface area contributed by atoms with Gasteiger partial charge in [0.1, 0.15) is 11.3 Å². The van der Waals surface area contributed by atoms with Gasteiger partial charge in [0.05, 0.1) is 5.56 Å². The number of phenols is 1. The molecule has 0 aliphatic heterocycles. The van der Waals surface area contributed by atoms with Crippen LogP contribution in [0.4, 0.5) is 0 Å². The van der Waals surface area contributed by atoms with Crippen molar-refractivity contribution in [2.24, 2.45) is 5.73 Å². The first-order valence-electron chi connectivity index (χ1n) is 5.38. The topological polar surface area (TPSA) is 144 Å². The SMILES string of the molecule is CC(=O)c1cccc(C(=O)OC(CN)S(=O)(=O)O)c1O. The molecule has 0 aliphatic carbocycles. The largest absolute Gasteiger partial charge is 0.506 e. The minimum absolute atomic E-state index is 0.115. The molecule has 0 saturated heterocycles. The van der Waals surface area contributed by atoms with Gasteiger partial charge >= 0.3 is 16.1 Å². The molecule has 1 atom stereocenters. The minimum atomic E-state index is -4.67. The average molecular weight is 303 g/mol. The van der Waals surface area contributed by atoms with E-state index in [0.717, 1.165) is 6.07 Å². The fourth-order valence-electron chi connectivity index (χ4n) is 1.41. The molecular formula is C11H13NO7S. The van der Waals surface area contributed by atoms with Crippen molar-refractivity contribution >= 4 is 21.9 Å². The summed E-state index contributed by atoms with van der Waals surface area (Å²) in [7, 11) is -4.67. The van der Waals surface area contributed by atoms with Gasteiger partial charge in [-0.25, -0.2) is 4.79 Å². The zero-order valence-corrected chi connectivity index (χ0v) is 11.3. The van der Waals surface area contributed by atoms with Gasteiger partial charge in [-0.05, 0) is 19.1 Å². The number of hydrogen-bond donors (Lipinski definition) is 3. The smallest absolute Gasteiger partial charge is 0.343 e. The van der Waals surface area contributed by atoms with E-state index in [0.29, 0.717) is 0 Å². The Bertz CT molecular complexity index is 638. The number of hydrogen-bond acceptors (Lipinski definition) is 7. The molecule has 20 heavy (non-hydrogen) atoms. The molecule has 1 rings (SSSR count). The molecule has 0 heterocycles. The quantitative estimate of drug-likeness (QED) is 0.389. The highest BCUT2D eigenvalue weighted by molar-refractivity contribution is 7.86. The van der Waals surface area contributed by atoms with Crippen molar-refractivity contribution in [1.82, 2.24) is 0 Å². The van der Waals surface area contributed by atoms with Crippen molar-refractivity contribution in [1.29, 1.82) is 0 Å². The second kappa shape index (κ2) is 5.99. The minimum Gasteiger partial charge on any atom is -0.506 e. The van der Waals surface area contributed by atoms with E-state index in [1.807, 2.05) is 0 Å². The molecule has 0 spiro atoms. The third-order valence-corrected chi connectivity index (χ3v) is 3.35. The van der Waals surface area contributed by atoms with E-state index in [4.69, 9.17) is 10.3 Å². The van der Waals surface area contributed by atoms with Crippen LogP contribution in [0.2, 0.25) is 0 Å². The zero-order chi connectivity index (χ0) is 15.5. The first-order valence-corrected chi connectivity index (χ1v) is 6.89. The summed E-state index contributed by atoms with van der Waals surface area (Å²) in [6, 6.07) is 3.75. The summed E-state index contributed by atoms with van der Waals surface area (Å²) in [6.07, 6.45) is 0. The van der Waals surface area contributed by atoms with E-state index in [1.165, 1.54) is 19.1 Å². The van der Waals surface area contributed by atoms with Gasteiger partial charge in [-0.1, -0.05) is 6.07 Å². The average Bonchev–Trinajstić information content (AvgIpc) is 2.34. The van der Waals surface area contributed by atoms with Crippen LogP contribution in [-0.2, 0) is 14.9 Å². The van der Waals surface area contributed by atoms with Crippen LogP contribution in [0.5, 0.6) is 5.75 Å². The lowest BCUT2D eigenvalue weighted by atomic mass is 10.1. The Kier molecular flexibility index (Phi) is 4.82. The van der Waals surface area contributed by atoms with Crippen molar-refractivity contribution < 1.29 is 32.4 Å². The number of Topliss-reactive ketones (excluding diaryl/α,β-unsaturated/α-hetero) is 1. The fourth-order valence-corrected chi connectivity index (χ4v) is 1.86. The third kappa shape index (κ3) is 3.53. The van der Waals surface area contributed by atoms with Crippen LogP contribution in [0.25, 0.3) is 0 Å². The van der Waals surface area contributed by atoms with Crippen LogP contribution in [-0.4, -0.2) is 41.8 Å². The molecular weight excluding hydrogens is 290 g/mol. The van der Waals surface area contributed by atoms with Crippen molar-refractivity contribution in [3.8, 4) is 5.75 Å². The third-order valence-electron chi connectivity index (χ3n) is 2.40. The van der Waals surface area contributed by atoms with Crippen LogP contribution in [0, 0.1) is 0 Å². The maximum atomic E-state index is 11.7. The van der Waals surface area contributed by atoms with Gasteiger partial charge in [0.15, 0.2) is 5.78 Å². The molecule has 0 radical (unpaired) electrons. The molecule has 0 aromatic heterocycles. The van der Waals surface area contributed by atoms with Gasteiger partial charge in [0.25, 0.3) is 0 Å². The normalized spacial score (nSPS) is 12.8. The first kappa shape index (κ1) is 16.1. The fraction of sp³-hybridized carbons (Fsp3) is 0.273. The predicted octanol–water partition coefficient (Wildman–Crippen LogP) is -0.0758. The van der Waals surface area contributed by atoms with Crippen LogP contribution < -0.4 is 5.73 Å². The van der Waals surface area contributed by atoms with Gasteiger partial charge in [0.2, 0.25) is 5.44 Å². The zero-order valence-electron chi connectivity index (χ0n) is 10.4.